The minimum atomic E-state index is -3.10. The zero-order valence-electron chi connectivity index (χ0n) is 14.3. The topological polar surface area (TPSA) is 38.2 Å². The molecule has 1 aliphatic heterocycles. The second-order valence-electron chi connectivity index (χ2n) is 2.06. The van der Waals surface area contributed by atoms with Gasteiger partial charge < -0.3 is 9.64 Å². The molecule has 1 saturated heterocycles. The molecule has 1 aromatic rings. The normalized spacial score (nSPS) is 42.1. The van der Waals surface area contributed by atoms with Gasteiger partial charge >= 0.3 is 0 Å². The summed E-state index contributed by atoms with van der Waals surface area (Å²) in [5, 5.41) is 0. The summed E-state index contributed by atoms with van der Waals surface area (Å²) >= 11 is 3.02. The van der Waals surface area contributed by atoms with Gasteiger partial charge in [-0.05, 0) is 15.9 Å². The van der Waals surface area contributed by atoms with Gasteiger partial charge in [0.1, 0.15) is 10.4 Å². The van der Waals surface area contributed by atoms with Crippen LogP contribution in [0.25, 0.3) is 0 Å². The molecule has 1 aromatic heterocycles. The Morgan fingerprint density at radius 2 is 2.15 bits per heavy atom. The van der Waals surface area contributed by atoms with Gasteiger partial charge in [0.05, 0.1) is 36.5 Å². The Hall–Kier alpha value is -0.680. The molecule has 0 aromatic carbocycles. The summed E-state index contributed by atoms with van der Waals surface area (Å²) in [5.41, 5.74) is 0. The van der Waals surface area contributed by atoms with E-state index in [0.717, 1.165) is 6.20 Å². The number of aromatic nitrogens is 2. The van der Waals surface area contributed by atoms with Crippen molar-refractivity contribution in [1.82, 2.24) is 9.97 Å². The number of morpholine rings is 1. The molecule has 0 unspecified atom stereocenters. The van der Waals surface area contributed by atoms with Crippen molar-refractivity contribution in [1.29, 1.82) is 0 Å². The quantitative estimate of drug-likeness (QED) is 0.749. The van der Waals surface area contributed by atoms with Crippen LogP contribution in [0.15, 0.2) is 17.0 Å². The lowest BCUT2D eigenvalue weighted by molar-refractivity contribution is 0.122. The largest absolute Gasteiger partial charge is 0.378 e. The van der Waals surface area contributed by atoms with Crippen molar-refractivity contribution in [2.75, 3.05) is 31.0 Å². The van der Waals surface area contributed by atoms with Crippen molar-refractivity contribution in [3.63, 3.8) is 0 Å². The average molecular weight is 252 g/mol. The SMILES string of the molecule is [2H]C1([2H])OC([2H])([2H])C([2H])([2H])N(c2cnc(Br)cn2)C1([2H])[2H]. The Bertz CT molecular complexity index is 525. The second-order valence-corrected chi connectivity index (χ2v) is 2.88. The molecular weight excluding hydrogens is 234 g/mol. The van der Waals surface area contributed by atoms with E-state index >= 15 is 0 Å². The molecule has 0 radical (unpaired) electrons. The fraction of sp³-hybridized carbons (Fsp3) is 0.500. The van der Waals surface area contributed by atoms with Crippen molar-refractivity contribution < 1.29 is 15.7 Å². The van der Waals surface area contributed by atoms with E-state index in [-0.39, 0.29) is 10.7 Å². The minimum absolute atomic E-state index is 0.267. The predicted molar refractivity (Wildman–Crippen MR) is 52.8 cm³/mol. The predicted octanol–water partition coefficient (Wildman–Crippen LogP) is 1.08. The monoisotopic (exact) mass is 251 g/mol. The van der Waals surface area contributed by atoms with Crippen LogP contribution in [0, 0.1) is 0 Å². The Balaban J connectivity index is 2.64. The van der Waals surface area contributed by atoms with Crippen molar-refractivity contribution in [2.24, 2.45) is 0 Å². The summed E-state index contributed by atoms with van der Waals surface area (Å²) in [6.07, 6.45) is 2.18. The van der Waals surface area contributed by atoms with Crippen LogP contribution in [0.4, 0.5) is 5.82 Å². The molecule has 0 aliphatic carbocycles. The number of anilines is 1. The highest BCUT2D eigenvalue weighted by atomic mass is 79.9. The zero-order chi connectivity index (χ0) is 16.3. The molecular formula is C8H10BrN3O. The number of halogens is 1. The number of nitrogens with zero attached hydrogens (tertiary/aromatic N) is 3. The van der Waals surface area contributed by atoms with Crippen molar-refractivity contribution in [3.05, 3.63) is 17.0 Å². The molecule has 0 atom stereocenters. The summed E-state index contributed by atoms with van der Waals surface area (Å²) in [7, 11) is 0. The van der Waals surface area contributed by atoms with E-state index in [1.54, 1.807) is 0 Å². The summed E-state index contributed by atoms with van der Waals surface area (Å²) in [4.78, 5) is 7.81. The van der Waals surface area contributed by atoms with Gasteiger partial charge in [-0.25, -0.2) is 9.97 Å². The first-order valence-electron chi connectivity index (χ1n) is 7.31. The first kappa shape index (κ1) is 3.47. The number of hydrogen-bond donors (Lipinski definition) is 0. The van der Waals surface area contributed by atoms with Crippen LogP contribution in [0.1, 0.15) is 11.0 Å². The Kier molecular flexibility index (Phi) is 1.07. The van der Waals surface area contributed by atoms with Crippen molar-refractivity contribution in [2.45, 2.75) is 0 Å². The van der Waals surface area contributed by atoms with E-state index in [0.29, 0.717) is 4.60 Å². The lowest BCUT2D eigenvalue weighted by Gasteiger charge is -2.27. The molecule has 5 heteroatoms. The van der Waals surface area contributed by atoms with Crippen LogP contribution in [0.2, 0.25) is 0 Å². The van der Waals surface area contributed by atoms with Crippen LogP contribution in [0.3, 0.4) is 0 Å². The molecule has 0 N–H and O–H groups in total. The Labute approximate surface area is 96.3 Å². The summed E-state index contributed by atoms with van der Waals surface area (Å²) in [5.74, 6) is -0.357. The Morgan fingerprint density at radius 3 is 2.77 bits per heavy atom. The van der Waals surface area contributed by atoms with Gasteiger partial charge in [0, 0.05) is 13.0 Å². The van der Waals surface area contributed by atoms with Crippen LogP contribution in [0.5, 0.6) is 0 Å². The van der Waals surface area contributed by atoms with Crippen LogP contribution in [-0.2, 0) is 4.74 Å². The van der Waals surface area contributed by atoms with Gasteiger partial charge in [0.2, 0.25) is 0 Å². The third-order valence-corrected chi connectivity index (χ3v) is 1.66. The maximum atomic E-state index is 7.82. The van der Waals surface area contributed by atoms with E-state index in [1.807, 2.05) is 0 Å². The fourth-order valence-corrected chi connectivity index (χ4v) is 0.931. The molecule has 2 rings (SSSR count). The molecule has 0 spiro atoms. The maximum Gasteiger partial charge on any atom is 0.147 e. The molecule has 4 nitrogen and oxygen atoms in total. The van der Waals surface area contributed by atoms with E-state index in [1.165, 1.54) is 6.20 Å². The summed E-state index contributed by atoms with van der Waals surface area (Å²) in [6.45, 7) is -12.2. The summed E-state index contributed by atoms with van der Waals surface area (Å²) in [6, 6.07) is 0. The Morgan fingerprint density at radius 1 is 1.38 bits per heavy atom. The minimum Gasteiger partial charge on any atom is -0.378 e. The van der Waals surface area contributed by atoms with Gasteiger partial charge in [0.15, 0.2) is 0 Å². The van der Waals surface area contributed by atoms with Crippen LogP contribution < -0.4 is 4.90 Å². The summed E-state index contributed by atoms with van der Waals surface area (Å²) < 4.78 is 66.1. The first-order chi connectivity index (χ1) is 9.33. The van der Waals surface area contributed by atoms with E-state index in [4.69, 9.17) is 11.0 Å². The molecule has 1 fully saturated rings. The van der Waals surface area contributed by atoms with E-state index < -0.39 is 26.1 Å². The molecule has 2 heterocycles. The zero-order valence-corrected chi connectivity index (χ0v) is 7.87. The molecule has 0 bridgehead atoms. The van der Waals surface area contributed by atoms with Gasteiger partial charge in [0.25, 0.3) is 0 Å². The van der Waals surface area contributed by atoms with Crippen molar-refractivity contribution in [3.8, 4) is 0 Å². The van der Waals surface area contributed by atoms with Crippen LogP contribution in [-0.4, -0.2) is 36.1 Å². The number of hydrogen-bond acceptors (Lipinski definition) is 4. The van der Waals surface area contributed by atoms with Gasteiger partial charge in [-0.1, -0.05) is 0 Å². The van der Waals surface area contributed by atoms with Gasteiger partial charge in [-0.2, -0.15) is 0 Å². The number of rotatable bonds is 1. The highest BCUT2D eigenvalue weighted by Crippen LogP contribution is 2.12. The smallest absolute Gasteiger partial charge is 0.147 e. The maximum absolute atomic E-state index is 7.82. The van der Waals surface area contributed by atoms with E-state index in [9.17, 15) is 0 Å². The molecule has 13 heavy (non-hydrogen) atoms. The van der Waals surface area contributed by atoms with Gasteiger partial charge in [-0.3, -0.25) is 0 Å². The molecule has 0 amide bonds. The molecule has 1 aliphatic rings. The third-order valence-electron chi connectivity index (χ3n) is 1.25. The number of ether oxygens (including phenoxy) is 1. The van der Waals surface area contributed by atoms with E-state index in [2.05, 4.69) is 30.6 Å². The second kappa shape index (κ2) is 4.02. The standard InChI is InChI=1S/C8H10BrN3O/c9-7-5-11-8(6-10-7)12-1-3-13-4-2-12/h5-6H,1-4H2/i1D2,2D2,3D2,4D2. The highest BCUT2D eigenvalue weighted by Gasteiger charge is 2.11. The lowest BCUT2D eigenvalue weighted by atomic mass is 10.4. The van der Waals surface area contributed by atoms with Gasteiger partial charge in [-0.15, -0.1) is 0 Å². The van der Waals surface area contributed by atoms with Crippen molar-refractivity contribution >= 4 is 21.7 Å². The molecule has 70 valence electrons. The first-order valence-corrected chi connectivity index (χ1v) is 4.10. The molecule has 0 saturated carbocycles. The third kappa shape index (κ3) is 2.16. The fourth-order valence-electron chi connectivity index (χ4n) is 0.726. The van der Waals surface area contributed by atoms with Crippen LogP contribution >= 0.6 is 15.9 Å². The highest BCUT2D eigenvalue weighted by molar-refractivity contribution is 9.10. The average Bonchev–Trinajstić information content (AvgIpc) is 2.28. The lowest BCUT2D eigenvalue weighted by Crippen LogP contribution is -2.36.